The summed E-state index contributed by atoms with van der Waals surface area (Å²) >= 11 is 0. The third kappa shape index (κ3) is 5.80. The van der Waals surface area contributed by atoms with E-state index >= 15 is 0 Å². The highest BCUT2D eigenvalue weighted by Crippen LogP contribution is 1.96. The molecular weight excluding hydrogens is 112 g/mol. The number of hydrogen-bond donors (Lipinski definition) is 2. The Morgan fingerprint density at radius 2 is 2.00 bits per heavy atom. The number of nitrogens with one attached hydrogen (secondary N) is 1. The molecule has 0 rings (SSSR count). The van der Waals surface area contributed by atoms with Crippen molar-refractivity contribution in [1.29, 1.82) is 0 Å². The molecule has 0 spiro atoms. The summed E-state index contributed by atoms with van der Waals surface area (Å²) in [4.78, 5) is 0. The quantitative estimate of drug-likeness (QED) is 0.555. The van der Waals surface area contributed by atoms with Gasteiger partial charge in [-0.3, -0.25) is 0 Å². The Kier molecular flexibility index (Phi) is 4.72. The summed E-state index contributed by atoms with van der Waals surface area (Å²) < 4.78 is 0. The van der Waals surface area contributed by atoms with Gasteiger partial charge in [0.15, 0.2) is 0 Å². The Hall–Kier alpha value is -0.0800. The molecule has 9 heavy (non-hydrogen) atoms. The summed E-state index contributed by atoms with van der Waals surface area (Å²) in [5.41, 5.74) is 5.48. The molecule has 0 saturated carbocycles. The first-order valence-electron chi connectivity index (χ1n) is 3.65. The predicted octanol–water partition coefficient (Wildman–Crippen LogP) is 0.927. The second-order valence-electron chi connectivity index (χ2n) is 2.71. The van der Waals surface area contributed by atoms with Gasteiger partial charge in [0.25, 0.3) is 0 Å². The maximum Gasteiger partial charge on any atom is 0.0517 e. The van der Waals surface area contributed by atoms with Crippen LogP contribution in [0.2, 0.25) is 0 Å². The average Bonchev–Trinajstić information content (AvgIpc) is 1.83. The molecule has 2 atom stereocenters. The lowest BCUT2D eigenvalue weighted by atomic mass is 10.1. The second kappa shape index (κ2) is 4.77. The highest BCUT2D eigenvalue weighted by molar-refractivity contribution is 4.56. The van der Waals surface area contributed by atoms with Gasteiger partial charge in [0.05, 0.1) is 6.17 Å². The molecule has 0 aliphatic heterocycles. The van der Waals surface area contributed by atoms with E-state index in [1.165, 1.54) is 6.42 Å². The Morgan fingerprint density at radius 3 is 2.33 bits per heavy atom. The van der Waals surface area contributed by atoms with Gasteiger partial charge in [0, 0.05) is 0 Å². The lowest BCUT2D eigenvalue weighted by Gasteiger charge is -2.11. The van der Waals surface area contributed by atoms with Crippen LogP contribution in [0.25, 0.3) is 0 Å². The molecule has 0 radical (unpaired) electrons. The molecule has 2 nitrogen and oxygen atoms in total. The first kappa shape index (κ1) is 8.92. The van der Waals surface area contributed by atoms with Gasteiger partial charge in [0.1, 0.15) is 0 Å². The van der Waals surface area contributed by atoms with Crippen molar-refractivity contribution >= 4 is 0 Å². The van der Waals surface area contributed by atoms with Crippen molar-refractivity contribution in [3.05, 3.63) is 0 Å². The van der Waals surface area contributed by atoms with Crippen LogP contribution in [0.15, 0.2) is 0 Å². The molecule has 56 valence electrons. The van der Waals surface area contributed by atoms with Crippen LogP contribution in [0.5, 0.6) is 0 Å². The highest BCUT2D eigenvalue weighted by atomic mass is 15.0. The molecule has 0 aliphatic rings. The van der Waals surface area contributed by atoms with Crippen LogP contribution in [0.4, 0.5) is 0 Å². The zero-order chi connectivity index (χ0) is 7.28. The Morgan fingerprint density at radius 1 is 1.44 bits per heavy atom. The summed E-state index contributed by atoms with van der Waals surface area (Å²) in [6.45, 7) is 7.40. The number of rotatable bonds is 4. The monoisotopic (exact) mass is 130 g/mol. The maximum atomic E-state index is 5.48. The minimum atomic E-state index is 0.138. The SMILES string of the molecule is CCC(C)CNC(C)N. The van der Waals surface area contributed by atoms with Gasteiger partial charge in [-0.2, -0.15) is 0 Å². The molecule has 0 aromatic rings. The summed E-state index contributed by atoms with van der Waals surface area (Å²) in [6, 6.07) is 0. The van der Waals surface area contributed by atoms with Gasteiger partial charge in [-0.25, -0.2) is 0 Å². The molecule has 2 unspecified atom stereocenters. The fourth-order valence-electron chi connectivity index (χ4n) is 0.531. The fourth-order valence-corrected chi connectivity index (χ4v) is 0.531. The standard InChI is InChI=1S/C7H18N2/c1-4-6(2)5-9-7(3)8/h6-7,9H,4-5,8H2,1-3H3. The molecule has 2 heteroatoms. The Balaban J connectivity index is 3.06. The third-order valence-electron chi connectivity index (χ3n) is 1.49. The average molecular weight is 130 g/mol. The number of hydrogen-bond acceptors (Lipinski definition) is 2. The molecular formula is C7H18N2. The molecule has 3 N–H and O–H groups in total. The summed E-state index contributed by atoms with van der Waals surface area (Å²) in [5, 5.41) is 3.17. The van der Waals surface area contributed by atoms with Gasteiger partial charge in [0.2, 0.25) is 0 Å². The smallest absolute Gasteiger partial charge is 0.0517 e. The van der Waals surface area contributed by atoms with E-state index in [-0.39, 0.29) is 6.17 Å². The van der Waals surface area contributed by atoms with E-state index in [1.807, 2.05) is 6.92 Å². The lowest BCUT2D eigenvalue weighted by molar-refractivity contribution is 0.459. The fraction of sp³-hybridized carbons (Fsp3) is 1.00. The molecule has 0 saturated heterocycles. The molecule has 0 aromatic carbocycles. The van der Waals surface area contributed by atoms with E-state index < -0.39 is 0 Å². The van der Waals surface area contributed by atoms with Crippen LogP contribution >= 0.6 is 0 Å². The van der Waals surface area contributed by atoms with Crippen molar-refractivity contribution in [2.75, 3.05) is 6.54 Å². The summed E-state index contributed by atoms with van der Waals surface area (Å²) in [5.74, 6) is 0.746. The van der Waals surface area contributed by atoms with Gasteiger partial charge in [-0.15, -0.1) is 0 Å². The molecule has 0 bridgehead atoms. The van der Waals surface area contributed by atoms with Gasteiger partial charge < -0.3 is 11.1 Å². The van der Waals surface area contributed by atoms with E-state index in [0.29, 0.717) is 0 Å². The van der Waals surface area contributed by atoms with Crippen LogP contribution < -0.4 is 11.1 Å². The first-order chi connectivity index (χ1) is 4.16. The first-order valence-corrected chi connectivity index (χ1v) is 3.65. The largest absolute Gasteiger partial charge is 0.316 e. The number of nitrogens with two attached hydrogens (primary N) is 1. The van der Waals surface area contributed by atoms with Crippen molar-refractivity contribution in [3.63, 3.8) is 0 Å². The minimum Gasteiger partial charge on any atom is -0.316 e. The topological polar surface area (TPSA) is 38.0 Å². The van der Waals surface area contributed by atoms with Crippen molar-refractivity contribution < 1.29 is 0 Å². The third-order valence-corrected chi connectivity index (χ3v) is 1.49. The highest BCUT2D eigenvalue weighted by Gasteiger charge is 1.97. The summed E-state index contributed by atoms with van der Waals surface area (Å²) in [7, 11) is 0. The molecule has 0 amide bonds. The van der Waals surface area contributed by atoms with Crippen molar-refractivity contribution in [3.8, 4) is 0 Å². The van der Waals surface area contributed by atoms with E-state index in [2.05, 4.69) is 19.2 Å². The van der Waals surface area contributed by atoms with Crippen molar-refractivity contribution in [2.24, 2.45) is 11.7 Å². The van der Waals surface area contributed by atoms with Gasteiger partial charge in [-0.05, 0) is 19.4 Å². The summed E-state index contributed by atoms with van der Waals surface area (Å²) in [6.07, 6.45) is 1.36. The molecule has 0 fully saturated rings. The van der Waals surface area contributed by atoms with Crippen LogP contribution in [-0.2, 0) is 0 Å². The van der Waals surface area contributed by atoms with Crippen molar-refractivity contribution in [2.45, 2.75) is 33.4 Å². The van der Waals surface area contributed by atoms with E-state index in [9.17, 15) is 0 Å². The molecule has 0 heterocycles. The van der Waals surface area contributed by atoms with Gasteiger partial charge >= 0.3 is 0 Å². The molecule has 0 aromatic heterocycles. The predicted molar refractivity (Wildman–Crippen MR) is 41.1 cm³/mol. The van der Waals surface area contributed by atoms with E-state index in [1.54, 1.807) is 0 Å². The maximum absolute atomic E-state index is 5.48. The normalized spacial score (nSPS) is 17.3. The Bertz CT molecular complexity index is 61.9. The zero-order valence-corrected chi connectivity index (χ0v) is 6.65. The Labute approximate surface area is 57.8 Å². The van der Waals surface area contributed by atoms with Gasteiger partial charge in [-0.1, -0.05) is 20.3 Å². The van der Waals surface area contributed by atoms with Crippen LogP contribution in [0.1, 0.15) is 27.2 Å². The van der Waals surface area contributed by atoms with Crippen LogP contribution in [0, 0.1) is 5.92 Å². The van der Waals surface area contributed by atoms with Crippen molar-refractivity contribution in [1.82, 2.24) is 5.32 Å². The minimum absolute atomic E-state index is 0.138. The zero-order valence-electron chi connectivity index (χ0n) is 6.65. The second-order valence-corrected chi connectivity index (χ2v) is 2.71. The lowest BCUT2D eigenvalue weighted by Crippen LogP contribution is -2.36. The van der Waals surface area contributed by atoms with E-state index in [4.69, 9.17) is 5.73 Å². The van der Waals surface area contributed by atoms with E-state index in [0.717, 1.165) is 12.5 Å². The molecule has 0 aliphatic carbocycles. The van der Waals surface area contributed by atoms with Crippen LogP contribution in [-0.4, -0.2) is 12.7 Å². The van der Waals surface area contributed by atoms with Crippen LogP contribution in [0.3, 0.4) is 0 Å².